The first-order valence-corrected chi connectivity index (χ1v) is 17.9. The van der Waals surface area contributed by atoms with Gasteiger partial charge in [0.2, 0.25) is 5.75 Å². The zero-order valence-corrected chi connectivity index (χ0v) is 30.7. The number of carbonyl (C=O) groups excluding carboxylic acids is 3. The Morgan fingerprint density at radius 2 is 1.62 bits per heavy atom. The molecule has 3 heterocycles. The lowest BCUT2D eigenvalue weighted by Crippen LogP contribution is -2.52. The molecular weight excluding hydrogens is 725 g/mol. The number of ether oxygens (including phenoxy) is 7. The minimum Gasteiger partial charge on any atom is -0.497 e. The highest BCUT2D eigenvalue weighted by Crippen LogP contribution is 2.50. The first-order chi connectivity index (χ1) is 26.4. The maximum Gasteiger partial charge on any atom is 0.514 e. The number of aromatic nitrogens is 1. The number of hydrogen-bond donors (Lipinski definition) is 1. The van der Waals surface area contributed by atoms with Crippen molar-refractivity contribution in [2.45, 2.75) is 50.6 Å². The van der Waals surface area contributed by atoms with Crippen molar-refractivity contribution in [3.05, 3.63) is 82.5 Å². The minimum atomic E-state index is -4.50. The van der Waals surface area contributed by atoms with E-state index in [1.54, 1.807) is 7.11 Å². The van der Waals surface area contributed by atoms with E-state index in [0.29, 0.717) is 18.4 Å². The van der Waals surface area contributed by atoms with Gasteiger partial charge in [0.1, 0.15) is 18.5 Å². The Morgan fingerprint density at radius 3 is 2.27 bits per heavy atom. The summed E-state index contributed by atoms with van der Waals surface area (Å²) < 4.78 is 76.7. The molecule has 1 unspecified atom stereocenters. The number of benzene rings is 3. The Labute approximate surface area is 314 Å². The molecule has 1 N–H and O–H groups in total. The molecular formula is C40H41F3N2O10. The number of fused-ring (bicyclic) bond motifs is 6. The van der Waals surface area contributed by atoms with E-state index in [4.69, 9.17) is 33.2 Å². The summed E-state index contributed by atoms with van der Waals surface area (Å²) in [7, 11) is 5.63. The summed E-state index contributed by atoms with van der Waals surface area (Å²) in [5, 5.41) is 1.18. The van der Waals surface area contributed by atoms with E-state index in [2.05, 4.69) is 16.0 Å². The number of hydrogen-bond acceptors (Lipinski definition) is 11. The summed E-state index contributed by atoms with van der Waals surface area (Å²) in [6.07, 6.45) is -3.76. The number of nitrogens with zero attached hydrogens (tertiary/aromatic N) is 1. The maximum absolute atomic E-state index is 13.7. The van der Waals surface area contributed by atoms with Crippen LogP contribution in [0.1, 0.15) is 58.0 Å². The van der Waals surface area contributed by atoms with Crippen molar-refractivity contribution < 1.29 is 60.7 Å². The molecule has 0 spiro atoms. The lowest BCUT2D eigenvalue weighted by Gasteiger charge is -2.51. The van der Waals surface area contributed by atoms with Gasteiger partial charge in [0.25, 0.3) is 0 Å². The number of alkyl halides is 3. The van der Waals surface area contributed by atoms with Crippen LogP contribution >= 0.6 is 0 Å². The summed E-state index contributed by atoms with van der Waals surface area (Å²) in [5.74, 6) is -0.880. The summed E-state index contributed by atoms with van der Waals surface area (Å²) in [6.45, 7) is 1.24. The molecule has 2 fully saturated rings. The van der Waals surface area contributed by atoms with Gasteiger partial charge >= 0.3 is 24.3 Å². The molecule has 3 aliphatic rings. The number of H-pyrrole nitrogens is 1. The zero-order chi connectivity index (χ0) is 39.0. The quantitative estimate of drug-likeness (QED) is 0.105. The number of piperidine rings is 1. The Balaban J connectivity index is 1.03. The molecule has 3 aromatic carbocycles. The van der Waals surface area contributed by atoms with Crippen LogP contribution in [0.3, 0.4) is 0 Å². The summed E-state index contributed by atoms with van der Waals surface area (Å²) in [4.78, 5) is 45.6. The van der Waals surface area contributed by atoms with E-state index in [9.17, 15) is 27.6 Å². The molecule has 7 rings (SSSR count). The van der Waals surface area contributed by atoms with Crippen LogP contribution in [0.25, 0.3) is 10.9 Å². The van der Waals surface area contributed by atoms with Gasteiger partial charge in [-0.25, -0.2) is 9.59 Å². The molecule has 5 atom stereocenters. The molecule has 15 heteroatoms. The van der Waals surface area contributed by atoms with Gasteiger partial charge in [-0.3, -0.25) is 9.69 Å². The number of rotatable bonds is 9. The second-order valence-corrected chi connectivity index (χ2v) is 14.0. The summed E-state index contributed by atoms with van der Waals surface area (Å²) in [6, 6.07) is 13.0. The molecule has 0 amide bonds. The second kappa shape index (κ2) is 15.4. The fourth-order valence-corrected chi connectivity index (χ4v) is 8.42. The predicted octanol–water partition coefficient (Wildman–Crippen LogP) is 7.27. The van der Waals surface area contributed by atoms with Crippen LogP contribution in [0.15, 0.2) is 54.6 Å². The van der Waals surface area contributed by atoms with Crippen molar-refractivity contribution in [2.24, 2.45) is 17.8 Å². The summed E-state index contributed by atoms with van der Waals surface area (Å²) >= 11 is 0. The average Bonchev–Trinajstić information content (AvgIpc) is 3.56. The van der Waals surface area contributed by atoms with Gasteiger partial charge in [0, 0.05) is 35.8 Å². The number of esters is 2. The Bertz CT molecular complexity index is 2060. The predicted molar refractivity (Wildman–Crippen MR) is 190 cm³/mol. The van der Waals surface area contributed by atoms with Crippen molar-refractivity contribution in [3.8, 4) is 23.0 Å². The van der Waals surface area contributed by atoms with Crippen LogP contribution in [0.2, 0.25) is 0 Å². The van der Waals surface area contributed by atoms with Crippen LogP contribution in [0, 0.1) is 17.8 Å². The average molecular weight is 767 g/mol. The standard InChI is InChI=1S/C40H41F3N2O10/c1-49-25-9-10-27-28-11-12-45-19-23-13-26(16-30(38(47)52-4)29(23)18-32(45)35(28)44-31(27)17-25)54-37(46)22-14-33(50-2)36(34(15-22)51-3)55-39(48)53-20-21-5-7-24(8-6-21)40(41,42)43/h5-10,14-15,17,23,26,29-30,32,44H,11-13,16,18-20H2,1-4H3/t23-,26-,29+,30-,32?/m1/s1. The van der Waals surface area contributed by atoms with E-state index < -0.39 is 35.9 Å². The number of aromatic amines is 1. The SMILES string of the molecule is COC(=O)[C@@H]1C[C@H](OC(=O)c2cc(OC)c(OC(=O)OCc3ccc(C(F)(F)F)cc3)c(OC)c2)C[C@@H]2CN3CCc4c([nH]c5cc(OC)ccc45)C3C[C@@H]21. The molecule has 1 saturated carbocycles. The van der Waals surface area contributed by atoms with Gasteiger partial charge in [-0.05, 0) is 85.0 Å². The fraction of sp³-hybridized carbons (Fsp3) is 0.425. The highest BCUT2D eigenvalue weighted by atomic mass is 19.4. The summed E-state index contributed by atoms with van der Waals surface area (Å²) in [5.41, 5.74) is 3.02. The Morgan fingerprint density at radius 1 is 0.891 bits per heavy atom. The molecule has 1 aromatic heterocycles. The first kappa shape index (κ1) is 37.9. The van der Waals surface area contributed by atoms with Gasteiger partial charge in [-0.1, -0.05) is 12.1 Å². The van der Waals surface area contributed by atoms with Crippen LogP contribution in [0.4, 0.5) is 18.0 Å². The fourth-order valence-electron chi connectivity index (χ4n) is 8.42. The van der Waals surface area contributed by atoms with Crippen LogP contribution in [0.5, 0.6) is 23.0 Å². The van der Waals surface area contributed by atoms with Crippen LogP contribution in [-0.4, -0.2) is 75.6 Å². The van der Waals surface area contributed by atoms with Crippen molar-refractivity contribution >= 4 is 29.0 Å². The first-order valence-electron chi connectivity index (χ1n) is 17.9. The minimum absolute atomic E-state index is 0.0196. The van der Waals surface area contributed by atoms with E-state index in [1.165, 1.54) is 62.2 Å². The molecule has 1 saturated heterocycles. The number of halogens is 3. The molecule has 2 aliphatic heterocycles. The van der Waals surface area contributed by atoms with Crippen LogP contribution in [-0.2, 0) is 38.2 Å². The molecule has 0 radical (unpaired) electrons. The van der Waals surface area contributed by atoms with E-state index in [0.717, 1.165) is 49.3 Å². The van der Waals surface area contributed by atoms with Crippen molar-refractivity contribution in [1.29, 1.82) is 0 Å². The van der Waals surface area contributed by atoms with Gasteiger partial charge < -0.3 is 38.1 Å². The van der Waals surface area contributed by atoms with Crippen molar-refractivity contribution in [2.75, 3.05) is 41.5 Å². The Kier molecular flexibility index (Phi) is 10.6. The number of methoxy groups -OCH3 is 4. The van der Waals surface area contributed by atoms with Crippen molar-refractivity contribution in [3.63, 3.8) is 0 Å². The van der Waals surface area contributed by atoms with E-state index in [1.807, 2.05) is 12.1 Å². The number of nitrogens with one attached hydrogen (secondary N) is 1. The third-order valence-corrected chi connectivity index (χ3v) is 11.0. The third kappa shape index (κ3) is 7.62. The third-order valence-electron chi connectivity index (χ3n) is 11.0. The largest absolute Gasteiger partial charge is 0.514 e. The molecule has 55 heavy (non-hydrogen) atoms. The lowest BCUT2D eigenvalue weighted by molar-refractivity contribution is -0.155. The van der Waals surface area contributed by atoms with Gasteiger partial charge in [-0.2, -0.15) is 13.2 Å². The Hall–Kier alpha value is -5.44. The molecule has 4 aromatic rings. The smallest absolute Gasteiger partial charge is 0.497 e. The van der Waals surface area contributed by atoms with Crippen molar-refractivity contribution in [1.82, 2.24) is 9.88 Å². The highest BCUT2D eigenvalue weighted by Gasteiger charge is 2.49. The topological polar surface area (TPSA) is 135 Å². The van der Waals surface area contributed by atoms with Crippen LogP contribution < -0.4 is 18.9 Å². The van der Waals surface area contributed by atoms with Gasteiger partial charge in [-0.15, -0.1) is 0 Å². The highest BCUT2D eigenvalue weighted by molar-refractivity contribution is 5.91. The zero-order valence-electron chi connectivity index (χ0n) is 30.7. The maximum atomic E-state index is 13.7. The van der Waals surface area contributed by atoms with E-state index >= 15 is 0 Å². The monoisotopic (exact) mass is 766 g/mol. The second-order valence-electron chi connectivity index (χ2n) is 14.0. The molecule has 1 aliphatic carbocycles. The lowest BCUT2D eigenvalue weighted by atomic mass is 9.65. The van der Waals surface area contributed by atoms with Gasteiger partial charge in [0.15, 0.2) is 11.5 Å². The van der Waals surface area contributed by atoms with Gasteiger partial charge in [0.05, 0.1) is 51.5 Å². The molecule has 292 valence electrons. The number of carbonyl (C=O) groups is 3. The van der Waals surface area contributed by atoms with E-state index in [-0.39, 0.29) is 53.3 Å². The molecule has 0 bridgehead atoms. The normalized spacial score (nSPS) is 22.1. The molecule has 12 nitrogen and oxygen atoms in total.